The smallest absolute Gasteiger partial charge is 0.363 e. The van der Waals surface area contributed by atoms with Crippen molar-refractivity contribution in [2.45, 2.75) is 69.6 Å². The molecular formula is C84H74N18O24S5. The number of hydrogen-bond acceptors (Lipinski definition) is 30. The number of hydrogen-bond donors (Lipinski definition) is 5. The zero-order chi connectivity index (χ0) is 94.1. The van der Waals surface area contributed by atoms with Gasteiger partial charge in [0.05, 0.1) is 88.6 Å². The summed E-state index contributed by atoms with van der Waals surface area (Å²) in [4.78, 5) is 196. The van der Waals surface area contributed by atoms with Crippen molar-refractivity contribution in [2.24, 2.45) is 28.2 Å². The van der Waals surface area contributed by atoms with Crippen LogP contribution in [0.15, 0.2) is 220 Å². The number of thiophene rings is 4. The molecule has 0 radical (unpaired) electrons. The van der Waals surface area contributed by atoms with Gasteiger partial charge in [0.15, 0.2) is 0 Å². The number of aromatic nitrogens is 11. The molecule has 15 aromatic rings. The predicted molar refractivity (Wildman–Crippen MR) is 484 cm³/mol. The number of carboxylic acids is 1. The summed E-state index contributed by atoms with van der Waals surface area (Å²) in [6, 6.07) is 41.5. The van der Waals surface area contributed by atoms with Crippen molar-refractivity contribution in [1.82, 2.24) is 72.2 Å². The number of sulfonamides is 1. The lowest BCUT2D eigenvalue weighted by atomic mass is 10.2. The molecule has 131 heavy (non-hydrogen) atoms. The number of rotatable bonds is 27. The van der Waals surface area contributed by atoms with Crippen LogP contribution in [0.2, 0.25) is 0 Å². The number of amides is 3. The van der Waals surface area contributed by atoms with Gasteiger partial charge in [0.2, 0.25) is 10.0 Å². The van der Waals surface area contributed by atoms with Gasteiger partial charge < -0.3 is 65.6 Å². The highest BCUT2D eigenvalue weighted by Crippen LogP contribution is 2.29. The molecule has 0 spiro atoms. The standard InChI is InChI=1S/C26H26N4O6S2.2C22H19N5O6S.C14H10N4O6S/c1-29-25-21(13-22(37-25)23(31)27-14-17-4-3-5-19(12-17)36-2)24(32)30(26(29)33)15-16-6-10-20(11-7-16)38(34,35)28-18-8-9-18;1-25-21-16(9-17(34-21)19(28)24-10-13-3-6-15(33-2)7-4-13)20(29)26(22(25)30)12-14-5-8-18(23-11-14)27(31)32;1-25-21-16(9-17(34-21)19(28)24-10-13-4-3-5-15(8-13)33-2)20(29)26(22(25)30)12-14-6-7-18(23-11-14)27(31)32;1-16-12-8(4-9(25-12)13(20)21)11(19)17(14(16)22)6-7-2-3-10(15-5-7)18(23)24/h3-7,10-13,18,28H,8-9,14-15H2,1-2H3,(H,27,31);2*3-9,11H,10,12H2,1-2H3,(H,24,28);2-5H,6H2,1H3,(H,20,21). The van der Waals surface area contributed by atoms with Gasteiger partial charge in [-0.05, 0) is 156 Å². The number of pyridine rings is 3. The molecule has 11 aromatic heterocycles. The topological polar surface area (TPSA) is 543 Å². The second kappa shape index (κ2) is 39.7. The number of nitro groups is 3. The maximum Gasteiger partial charge on any atom is 0.363 e. The van der Waals surface area contributed by atoms with Gasteiger partial charge in [0, 0.05) is 88.8 Å². The van der Waals surface area contributed by atoms with Crippen LogP contribution >= 0.6 is 45.3 Å². The minimum absolute atomic E-state index is 0.00700. The number of aromatic carboxylic acids is 1. The summed E-state index contributed by atoms with van der Waals surface area (Å²) in [6.07, 6.45) is 5.38. The van der Waals surface area contributed by atoms with E-state index in [1.165, 1.54) is 131 Å². The summed E-state index contributed by atoms with van der Waals surface area (Å²) >= 11 is 4.02. The van der Waals surface area contributed by atoms with Gasteiger partial charge in [0.1, 0.15) is 60.0 Å². The van der Waals surface area contributed by atoms with Crippen LogP contribution in [0.1, 0.15) is 90.5 Å². The van der Waals surface area contributed by atoms with Crippen LogP contribution < -0.4 is 79.9 Å². The number of methoxy groups -OCH3 is 3. The lowest BCUT2D eigenvalue weighted by Crippen LogP contribution is -2.38. The van der Waals surface area contributed by atoms with Crippen molar-refractivity contribution in [1.29, 1.82) is 0 Å². The van der Waals surface area contributed by atoms with Gasteiger partial charge >= 0.3 is 46.2 Å². The molecule has 0 aliphatic heterocycles. The second-order valence-corrected chi connectivity index (χ2v) is 34.9. The van der Waals surface area contributed by atoms with E-state index >= 15 is 0 Å². The molecule has 0 unspecified atom stereocenters. The van der Waals surface area contributed by atoms with Crippen molar-refractivity contribution in [3.8, 4) is 17.2 Å². The van der Waals surface area contributed by atoms with Gasteiger partial charge in [-0.25, -0.2) is 37.1 Å². The maximum absolute atomic E-state index is 13.3. The molecule has 674 valence electrons. The number of aryl methyl sites for hydroxylation is 4. The fourth-order valence-corrected chi connectivity index (χ4v) is 18.4. The van der Waals surface area contributed by atoms with E-state index in [4.69, 9.17) is 19.3 Å². The van der Waals surface area contributed by atoms with Crippen molar-refractivity contribution in [2.75, 3.05) is 21.3 Å². The highest BCUT2D eigenvalue weighted by atomic mass is 32.2. The molecule has 5 N–H and O–H groups in total. The molecule has 4 aromatic carbocycles. The van der Waals surface area contributed by atoms with E-state index in [0.29, 0.717) is 68.6 Å². The van der Waals surface area contributed by atoms with Crippen LogP contribution in [0.4, 0.5) is 17.5 Å². The fraction of sp³-hybridized carbons (Fsp3) is 0.202. The number of ether oxygens (including phenoxy) is 3. The van der Waals surface area contributed by atoms with Gasteiger partial charge in [-0.1, -0.05) is 48.5 Å². The molecule has 42 nitrogen and oxygen atoms in total. The van der Waals surface area contributed by atoms with Gasteiger partial charge in [-0.15, -0.1) is 45.3 Å². The number of nitrogens with one attached hydrogen (secondary N) is 4. The Morgan fingerprint density at radius 3 is 1.00 bits per heavy atom. The minimum atomic E-state index is -3.60. The molecule has 11 heterocycles. The lowest BCUT2D eigenvalue weighted by Gasteiger charge is -2.10. The maximum atomic E-state index is 13.3. The normalized spacial score (nSPS) is 11.7. The Hall–Kier alpha value is -15.7. The zero-order valence-corrected chi connectivity index (χ0v) is 73.9. The molecule has 3 amide bonds. The quantitative estimate of drug-likeness (QED) is 0.0253. The number of carbonyl (C=O) groups is 4. The van der Waals surface area contributed by atoms with E-state index in [2.05, 4.69) is 35.6 Å². The van der Waals surface area contributed by atoms with E-state index in [0.717, 1.165) is 93.1 Å². The highest BCUT2D eigenvalue weighted by Gasteiger charge is 2.29. The van der Waals surface area contributed by atoms with Gasteiger partial charge in [-0.3, -0.25) is 70.1 Å². The average Bonchev–Trinajstić information content (AvgIpc) is 1.65. The van der Waals surface area contributed by atoms with E-state index in [9.17, 15) is 96.3 Å². The first-order valence-electron chi connectivity index (χ1n) is 38.8. The van der Waals surface area contributed by atoms with Crippen LogP contribution in [-0.4, -0.2) is 131 Å². The third-order valence-corrected chi connectivity index (χ3v) is 26.6. The summed E-state index contributed by atoms with van der Waals surface area (Å²) < 4.78 is 52.1. The molecule has 47 heteroatoms. The van der Waals surface area contributed by atoms with Crippen LogP contribution in [0.25, 0.3) is 40.9 Å². The molecule has 1 saturated carbocycles. The highest BCUT2D eigenvalue weighted by molar-refractivity contribution is 7.89. The Balaban J connectivity index is 0.000000150. The third kappa shape index (κ3) is 21.1. The monoisotopic (exact) mass is 1880 g/mol. The first kappa shape index (κ1) is 92.9. The molecule has 0 saturated heterocycles. The SMILES string of the molecule is COc1ccc(CNC(=O)c2cc3c(=O)n(Cc4ccc([N+](=O)[O-])nc4)c(=O)n(C)c3s2)cc1.COc1cccc(CNC(=O)c2cc3c(=O)n(Cc4ccc(S(=O)(=O)NC5CC5)cc4)c(=O)n(C)c3s2)c1.COc1cccc(CNC(=O)c2cc3c(=O)n(Cc4ccc([N+](=O)[O-])nc4)c(=O)n(C)c3s2)c1.Cn1c(=O)n(Cc2ccc([N+](=O)[O-])nc2)c(=O)c2cc(C(=O)O)sc21. The van der Waals surface area contributed by atoms with Crippen molar-refractivity contribution in [3.63, 3.8) is 0 Å². The van der Waals surface area contributed by atoms with E-state index in [-0.39, 0.29) is 123 Å². The summed E-state index contributed by atoms with van der Waals surface area (Å²) in [5.41, 5.74) is -0.0123. The fourth-order valence-electron chi connectivity index (χ4n) is 13.1. The summed E-state index contributed by atoms with van der Waals surface area (Å²) in [7, 11) is 7.13. The molecule has 0 atom stereocenters. The Labute approximate surface area is 751 Å². The predicted octanol–water partition coefficient (Wildman–Crippen LogP) is 7.10. The van der Waals surface area contributed by atoms with Crippen molar-refractivity contribution >= 4 is 137 Å². The molecule has 16 rings (SSSR count). The largest absolute Gasteiger partial charge is 0.497 e. The Bertz CT molecular complexity index is 7700. The number of carbonyl (C=O) groups excluding carboxylic acids is 3. The minimum Gasteiger partial charge on any atom is -0.497 e. The number of nitrogens with zero attached hydrogens (tertiary/aromatic N) is 14. The molecule has 1 fully saturated rings. The molecule has 1 aliphatic rings. The zero-order valence-electron chi connectivity index (χ0n) is 69.8. The average molecular weight is 1880 g/mol. The van der Waals surface area contributed by atoms with Crippen LogP contribution in [-0.2, 0) is 84.0 Å². The molecule has 0 bridgehead atoms. The lowest BCUT2D eigenvalue weighted by molar-refractivity contribution is -0.389. The van der Waals surface area contributed by atoms with Crippen LogP contribution in [0, 0.1) is 30.3 Å². The Morgan fingerprint density at radius 1 is 0.405 bits per heavy atom. The second-order valence-electron chi connectivity index (χ2n) is 29.0. The Kier molecular flexibility index (Phi) is 28.1. The Morgan fingerprint density at radius 2 is 0.702 bits per heavy atom. The van der Waals surface area contributed by atoms with Crippen molar-refractivity contribution in [3.05, 3.63) is 348 Å². The first-order valence-corrected chi connectivity index (χ1v) is 43.6. The molecule has 1 aliphatic carbocycles. The van der Waals surface area contributed by atoms with Crippen molar-refractivity contribution < 1.29 is 61.7 Å². The number of carboxylic acid groups (broad SMARTS) is 1. The summed E-state index contributed by atoms with van der Waals surface area (Å²) in [5, 5.41) is 50.5. The van der Waals surface area contributed by atoms with Crippen LogP contribution in [0.5, 0.6) is 17.2 Å². The van der Waals surface area contributed by atoms with Gasteiger partial charge in [0.25, 0.3) is 40.0 Å². The number of fused-ring (bicyclic) bond motifs is 4. The number of benzene rings is 4. The summed E-state index contributed by atoms with van der Waals surface area (Å²) in [6.45, 7) is 0.431. The first-order chi connectivity index (χ1) is 62.5. The molecular weight excluding hydrogens is 1810 g/mol. The van der Waals surface area contributed by atoms with E-state index in [1.54, 1.807) is 64.8 Å². The van der Waals surface area contributed by atoms with E-state index < -0.39 is 75.8 Å². The van der Waals surface area contributed by atoms with E-state index in [1.807, 2.05) is 48.5 Å². The van der Waals surface area contributed by atoms with Crippen LogP contribution in [0.3, 0.4) is 0 Å². The van der Waals surface area contributed by atoms with Gasteiger partial charge in [-0.2, -0.15) is 0 Å². The third-order valence-electron chi connectivity index (χ3n) is 20.2. The summed E-state index contributed by atoms with van der Waals surface area (Å²) in [5.74, 6) is -1.22.